The fourth-order valence-corrected chi connectivity index (χ4v) is 2.40. The molecule has 0 spiro atoms. The van der Waals surface area contributed by atoms with Crippen LogP contribution in [-0.2, 0) is 0 Å². The molecule has 3 nitrogen and oxygen atoms in total. The molecule has 0 bridgehead atoms. The molecule has 0 aliphatic heterocycles. The maximum Gasteiger partial charge on any atom is 0.323 e. The highest BCUT2D eigenvalue weighted by molar-refractivity contribution is 5.20. The fourth-order valence-electron chi connectivity index (χ4n) is 2.40. The van der Waals surface area contributed by atoms with Crippen LogP contribution < -0.4 is 5.69 Å². The third-order valence-corrected chi connectivity index (χ3v) is 3.13. The van der Waals surface area contributed by atoms with E-state index in [1.807, 2.05) is 0 Å². The Morgan fingerprint density at radius 3 is 2.43 bits per heavy atom. The summed E-state index contributed by atoms with van der Waals surface area (Å²) in [7, 11) is 0. The maximum atomic E-state index is 11.3. The molecule has 78 valence electrons. The van der Waals surface area contributed by atoms with E-state index < -0.39 is 0 Å². The number of aromatic amines is 2. The van der Waals surface area contributed by atoms with Crippen molar-refractivity contribution in [3.05, 3.63) is 21.9 Å². The van der Waals surface area contributed by atoms with Crippen LogP contribution in [0, 0.1) is 0 Å². The van der Waals surface area contributed by atoms with Crippen molar-refractivity contribution in [3.63, 3.8) is 0 Å². The number of nitrogens with one attached hydrogen (secondary N) is 2. The summed E-state index contributed by atoms with van der Waals surface area (Å²) in [5.74, 6) is 0.996. The van der Waals surface area contributed by atoms with E-state index in [1.54, 1.807) is 0 Å². The van der Waals surface area contributed by atoms with Gasteiger partial charge in [-0.1, -0.05) is 26.7 Å². The maximum absolute atomic E-state index is 11.3. The minimum Gasteiger partial charge on any atom is -0.309 e. The molecule has 1 aliphatic rings. The van der Waals surface area contributed by atoms with Crippen LogP contribution in [0.4, 0.5) is 0 Å². The fraction of sp³-hybridized carbons (Fsp3) is 0.727. The zero-order valence-corrected chi connectivity index (χ0v) is 8.89. The predicted octanol–water partition coefficient (Wildman–Crippen LogP) is 2.48. The van der Waals surface area contributed by atoms with Gasteiger partial charge in [0.1, 0.15) is 0 Å². The van der Waals surface area contributed by atoms with E-state index >= 15 is 0 Å². The molecule has 1 aromatic rings. The first-order valence-electron chi connectivity index (χ1n) is 5.50. The quantitative estimate of drug-likeness (QED) is 0.746. The third kappa shape index (κ3) is 1.63. The van der Waals surface area contributed by atoms with Crippen molar-refractivity contribution in [2.45, 2.75) is 51.4 Å². The summed E-state index contributed by atoms with van der Waals surface area (Å²) in [6.07, 6.45) is 5.06. The van der Waals surface area contributed by atoms with Gasteiger partial charge in [0, 0.05) is 17.3 Å². The second kappa shape index (κ2) is 3.64. The highest BCUT2D eigenvalue weighted by Gasteiger charge is 2.23. The lowest BCUT2D eigenvalue weighted by molar-refractivity contribution is 0.676. The average Bonchev–Trinajstić information content (AvgIpc) is 2.70. The molecule has 1 saturated carbocycles. The summed E-state index contributed by atoms with van der Waals surface area (Å²) in [5, 5.41) is 0. The molecule has 1 heterocycles. The minimum absolute atomic E-state index is 0.0457. The SMILES string of the molecule is CC(C)c1[nH]c(=O)[nH]c1C1CCCC1. The number of aromatic nitrogens is 2. The predicted molar refractivity (Wildman–Crippen MR) is 56.7 cm³/mol. The molecule has 2 N–H and O–H groups in total. The van der Waals surface area contributed by atoms with Gasteiger partial charge >= 0.3 is 5.69 Å². The van der Waals surface area contributed by atoms with Crippen LogP contribution in [-0.4, -0.2) is 9.97 Å². The Balaban J connectivity index is 2.35. The molecule has 0 radical (unpaired) electrons. The van der Waals surface area contributed by atoms with Crippen molar-refractivity contribution in [2.24, 2.45) is 0 Å². The van der Waals surface area contributed by atoms with E-state index in [-0.39, 0.29) is 5.69 Å². The summed E-state index contributed by atoms with van der Waals surface area (Å²) in [6.45, 7) is 4.25. The zero-order chi connectivity index (χ0) is 10.1. The van der Waals surface area contributed by atoms with Crippen molar-refractivity contribution < 1.29 is 0 Å². The molecule has 0 saturated heterocycles. The van der Waals surface area contributed by atoms with Crippen LogP contribution in [0.1, 0.15) is 62.8 Å². The first kappa shape index (κ1) is 9.56. The summed E-state index contributed by atoms with van der Waals surface area (Å²) in [6, 6.07) is 0. The van der Waals surface area contributed by atoms with Crippen molar-refractivity contribution in [1.82, 2.24) is 9.97 Å². The zero-order valence-electron chi connectivity index (χ0n) is 8.89. The number of H-pyrrole nitrogens is 2. The van der Waals surface area contributed by atoms with Crippen LogP contribution in [0.15, 0.2) is 4.79 Å². The van der Waals surface area contributed by atoms with Gasteiger partial charge in [0.15, 0.2) is 0 Å². The first-order valence-corrected chi connectivity index (χ1v) is 5.50. The average molecular weight is 194 g/mol. The van der Waals surface area contributed by atoms with E-state index in [4.69, 9.17) is 0 Å². The molecule has 3 heteroatoms. The van der Waals surface area contributed by atoms with Gasteiger partial charge in [-0.2, -0.15) is 0 Å². The van der Waals surface area contributed by atoms with E-state index in [2.05, 4.69) is 23.8 Å². The second-order valence-electron chi connectivity index (χ2n) is 4.54. The van der Waals surface area contributed by atoms with Gasteiger partial charge in [0.05, 0.1) is 0 Å². The number of rotatable bonds is 2. The molecule has 1 fully saturated rings. The monoisotopic (exact) mass is 194 g/mol. The van der Waals surface area contributed by atoms with Crippen LogP contribution in [0.3, 0.4) is 0 Å². The molecule has 2 rings (SSSR count). The van der Waals surface area contributed by atoms with Gasteiger partial charge < -0.3 is 9.97 Å². The van der Waals surface area contributed by atoms with Gasteiger partial charge in [0.25, 0.3) is 0 Å². The molecule has 1 aromatic heterocycles. The molecule has 0 unspecified atom stereocenters. The third-order valence-electron chi connectivity index (χ3n) is 3.13. The lowest BCUT2D eigenvalue weighted by Crippen LogP contribution is -2.02. The summed E-state index contributed by atoms with van der Waals surface area (Å²) in [4.78, 5) is 17.1. The Labute approximate surface area is 83.9 Å². The van der Waals surface area contributed by atoms with Crippen molar-refractivity contribution >= 4 is 0 Å². The molecule has 0 aromatic carbocycles. The van der Waals surface area contributed by atoms with Crippen LogP contribution in [0.2, 0.25) is 0 Å². The number of imidazole rings is 1. The molecule has 14 heavy (non-hydrogen) atoms. The summed E-state index contributed by atoms with van der Waals surface area (Å²) < 4.78 is 0. The minimum atomic E-state index is -0.0457. The Morgan fingerprint density at radius 2 is 1.86 bits per heavy atom. The van der Waals surface area contributed by atoms with Gasteiger partial charge in [-0.05, 0) is 18.8 Å². The molecular weight excluding hydrogens is 176 g/mol. The largest absolute Gasteiger partial charge is 0.323 e. The smallest absolute Gasteiger partial charge is 0.309 e. The number of hydrogen-bond donors (Lipinski definition) is 2. The standard InChI is InChI=1S/C11H18N2O/c1-7(2)9-10(13-11(14)12-9)8-5-3-4-6-8/h7-8H,3-6H2,1-2H3,(H2,12,13,14). The highest BCUT2D eigenvalue weighted by Crippen LogP contribution is 2.35. The van der Waals surface area contributed by atoms with Gasteiger partial charge in [-0.15, -0.1) is 0 Å². The summed E-state index contributed by atoms with van der Waals surface area (Å²) >= 11 is 0. The van der Waals surface area contributed by atoms with E-state index in [1.165, 1.54) is 31.4 Å². The highest BCUT2D eigenvalue weighted by atomic mass is 16.1. The van der Waals surface area contributed by atoms with Gasteiger partial charge in [-0.3, -0.25) is 0 Å². The van der Waals surface area contributed by atoms with Crippen molar-refractivity contribution in [3.8, 4) is 0 Å². The van der Waals surface area contributed by atoms with Crippen LogP contribution >= 0.6 is 0 Å². The van der Waals surface area contributed by atoms with Gasteiger partial charge in [-0.25, -0.2) is 4.79 Å². The lowest BCUT2D eigenvalue weighted by Gasteiger charge is -2.11. The van der Waals surface area contributed by atoms with Crippen molar-refractivity contribution in [2.75, 3.05) is 0 Å². The molecule has 1 aliphatic carbocycles. The molecule has 0 atom stereocenters. The van der Waals surface area contributed by atoms with Crippen LogP contribution in [0.5, 0.6) is 0 Å². The van der Waals surface area contributed by atoms with Crippen LogP contribution in [0.25, 0.3) is 0 Å². The molecule has 0 amide bonds. The molecular formula is C11H18N2O. The van der Waals surface area contributed by atoms with E-state index in [0.717, 1.165) is 5.69 Å². The second-order valence-corrected chi connectivity index (χ2v) is 4.54. The Hall–Kier alpha value is -0.990. The van der Waals surface area contributed by atoms with Gasteiger partial charge in [0.2, 0.25) is 0 Å². The van der Waals surface area contributed by atoms with Crippen molar-refractivity contribution in [1.29, 1.82) is 0 Å². The number of hydrogen-bond acceptors (Lipinski definition) is 1. The first-order chi connectivity index (χ1) is 6.68. The van der Waals surface area contributed by atoms with E-state index in [0.29, 0.717) is 11.8 Å². The van der Waals surface area contributed by atoms with E-state index in [9.17, 15) is 4.79 Å². The Morgan fingerprint density at radius 1 is 1.21 bits per heavy atom. The summed E-state index contributed by atoms with van der Waals surface area (Å²) in [5.41, 5.74) is 2.24. The Bertz CT molecular complexity index is 356. The lowest BCUT2D eigenvalue weighted by atomic mass is 9.97. The normalized spacial score (nSPS) is 18.2. The Kier molecular flexibility index (Phi) is 2.48. The topological polar surface area (TPSA) is 48.6 Å².